The number of benzene rings is 3. The largest absolute Gasteiger partial charge is 0.448 e. The van der Waals surface area contributed by atoms with Gasteiger partial charge in [0.1, 0.15) is 6.61 Å². The van der Waals surface area contributed by atoms with Gasteiger partial charge in [-0.2, -0.15) is 0 Å². The fourth-order valence-corrected chi connectivity index (χ4v) is 5.19. The molecule has 1 heterocycles. The molecule has 5 nitrogen and oxygen atoms in total. The topological polar surface area (TPSA) is 53.6 Å². The molecule has 2 N–H and O–H groups in total. The van der Waals surface area contributed by atoms with Crippen molar-refractivity contribution in [3.05, 3.63) is 82.9 Å². The maximum atomic E-state index is 12.8. The number of hydrogen-bond acceptors (Lipinski definition) is 5. The Morgan fingerprint density at radius 3 is 2.36 bits per heavy atom. The number of anilines is 1. The minimum Gasteiger partial charge on any atom is -0.448 e. The zero-order valence-corrected chi connectivity index (χ0v) is 19.7. The standard InChI is InChI=1S/C27H29N3O2S/c1-18-19(16-30-12-10-28-11-13-30)14-20(33)15-26(18)29-27(31)32-17-25-23-8-4-2-6-21(23)22-7-3-5-9-24(22)25/h2-9,14-15,25,28,33H,10-13,16-17H2,1H3,(H,29,31). The summed E-state index contributed by atoms with van der Waals surface area (Å²) in [6.07, 6.45) is -0.438. The molecule has 0 spiro atoms. The number of fused-ring (bicyclic) bond motifs is 3. The highest BCUT2D eigenvalue weighted by atomic mass is 32.1. The Morgan fingerprint density at radius 2 is 1.70 bits per heavy atom. The van der Waals surface area contributed by atoms with Crippen molar-refractivity contribution in [3.8, 4) is 11.1 Å². The summed E-state index contributed by atoms with van der Waals surface area (Å²) in [5.41, 5.74) is 7.84. The van der Waals surface area contributed by atoms with Crippen molar-refractivity contribution in [2.45, 2.75) is 24.3 Å². The van der Waals surface area contributed by atoms with E-state index in [9.17, 15) is 4.79 Å². The number of piperazine rings is 1. The fourth-order valence-electron chi connectivity index (χ4n) is 4.91. The molecule has 0 saturated carbocycles. The molecule has 1 saturated heterocycles. The van der Waals surface area contributed by atoms with Crippen LogP contribution in [0.1, 0.15) is 28.2 Å². The van der Waals surface area contributed by atoms with Gasteiger partial charge in [0.25, 0.3) is 0 Å². The van der Waals surface area contributed by atoms with Gasteiger partial charge < -0.3 is 10.1 Å². The van der Waals surface area contributed by atoms with Crippen molar-refractivity contribution in [1.29, 1.82) is 0 Å². The molecule has 0 radical (unpaired) electrons. The van der Waals surface area contributed by atoms with E-state index >= 15 is 0 Å². The van der Waals surface area contributed by atoms with E-state index in [2.05, 4.69) is 70.6 Å². The molecule has 0 aromatic heterocycles. The first-order valence-corrected chi connectivity index (χ1v) is 11.9. The first kappa shape index (κ1) is 22.0. The second-order valence-electron chi connectivity index (χ2n) is 8.75. The van der Waals surface area contributed by atoms with Crippen LogP contribution in [0.5, 0.6) is 0 Å². The molecule has 2 aliphatic rings. The normalized spacial score (nSPS) is 15.7. The molecule has 3 aromatic rings. The smallest absolute Gasteiger partial charge is 0.411 e. The van der Waals surface area contributed by atoms with E-state index in [4.69, 9.17) is 4.74 Å². The van der Waals surface area contributed by atoms with E-state index in [1.165, 1.54) is 27.8 Å². The first-order valence-electron chi connectivity index (χ1n) is 11.5. The van der Waals surface area contributed by atoms with Gasteiger partial charge in [-0.1, -0.05) is 48.5 Å². The lowest BCUT2D eigenvalue weighted by atomic mass is 9.98. The molecule has 1 aliphatic heterocycles. The number of nitrogens with one attached hydrogen (secondary N) is 2. The van der Waals surface area contributed by atoms with Crippen LogP contribution in [-0.2, 0) is 11.3 Å². The quantitative estimate of drug-likeness (QED) is 0.468. The van der Waals surface area contributed by atoms with Gasteiger partial charge in [0.15, 0.2) is 0 Å². The monoisotopic (exact) mass is 459 g/mol. The van der Waals surface area contributed by atoms with Crippen LogP contribution in [0.3, 0.4) is 0 Å². The maximum Gasteiger partial charge on any atom is 0.411 e. The van der Waals surface area contributed by atoms with E-state index in [-0.39, 0.29) is 5.92 Å². The average Bonchev–Trinajstić information content (AvgIpc) is 3.15. The van der Waals surface area contributed by atoms with Gasteiger partial charge in [0.05, 0.1) is 0 Å². The van der Waals surface area contributed by atoms with E-state index < -0.39 is 6.09 Å². The Morgan fingerprint density at radius 1 is 1.06 bits per heavy atom. The minimum absolute atomic E-state index is 0.0451. The summed E-state index contributed by atoms with van der Waals surface area (Å²) in [5.74, 6) is 0.0451. The van der Waals surface area contributed by atoms with Gasteiger partial charge in [-0.05, 0) is 52.4 Å². The van der Waals surface area contributed by atoms with E-state index in [1.54, 1.807) is 0 Å². The maximum absolute atomic E-state index is 12.8. The molecule has 1 aliphatic carbocycles. The van der Waals surface area contributed by atoms with Crippen LogP contribution >= 0.6 is 12.6 Å². The minimum atomic E-state index is -0.438. The highest BCUT2D eigenvalue weighted by Crippen LogP contribution is 2.44. The molecule has 6 heteroatoms. The molecule has 0 bridgehead atoms. The lowest BCUT2D eigenvalue weighted by molar-refractivity contribution is 0.158. The zero-order chi connectivity index (χ0) is 22.8. The van der Waals surface area contributed by atoms with E-state index in [0.717, 1.165) is 48.9 Å². The molecule has 5 rings (SSSR count). The molecule has 33 heavy (non-hydrogen) atoms. The molecule has 1 amide bonds. The number of amides is 1. The second-order valence-corrected chi connectivity index (χ2v) is 9.27. The van der Waals surface area contributed by atoms with Crippen molar-refractivity contribution in [2.75, 3.05) is 38.1 Å². The number of nitrogens with zero attached hydrogens (tertiary/aromatic N) is 1. The van der Waals surface area contributed by atoms with Crippen molar-refractivity contribution in [3.63, 3.8) is 0 Å². The fraction of sp³-hybridized carbons (Fsp3) is 0.296. The lowest BCUT2D eigenvalue weighted by Gasteiger charge is -2.28. The third-order valence-electron chi connectivity index (χ3n) is 6.68. The number of ether oxygens (including phenoxy) is 1. The summed E-state index contributed by atoms with van der Waals surface area (Å²) >= 11 is 4.57. The highest BCUT2D eigenvalue weighted by Gasteiger charge is 2.29. The number of hydrogen-bond donors (Lipinski definition) is 3. The van der Waals surface area contributed by atoms with Crippen LogP contribution in [0.25, 0.3) is 11.1 Å². The second kappa shape index (κ2) is 9.59. The van der Waals surface area contributed by atoms with Gasteiger partial charge in [-0.15, -0.1) is 12.6 Å². The molecular formula is C27H29N3O2S. The summed E-state index contributed by atoms with van der Waals surface area (Å²) in [6.45, 7) is 7.24. The Hall–Kier alpha value is -2.80. The van der Waals surface area contributed by atoms with Gasteiger partial charge in [0, 0.05) is 49.2 Å². The van der Waals surface area contributed by atoms with Crippen molar-refractivity contribution in [1.82, 2.24) is 10.2 Å². The third kappa shape index (κ3) is 4.64. The van der Waals surface area contributed by atoms with Crippen molar-refractivity contribution >= 4 is 24.4 Å². The Bertz CT molecular complexity index is 1130. The zero-order valence-electron chi connectivity index (χ0n) is 18.8. The van der Waals surface area contributed by atoms with Gasteiger partial charge in [0.2, 0.25) is 0 Å². The van der Waals surface area contributed by atoms with Crippen LogP contribution in [-0.4, -0.2) is 43.8 Å². The van der Waals surface area contributed by atoms with Gasteiger partial charge >= 0.3 is 6.09 Å². The summed E-state index contributed by atoms with van der Waals surface area (Å²) in [6, 6.07) is 20.7. The number of thiol groups is 1. The Labute approximate surface area is 200 Å². The van der Waals surface area contributed by atoms with E-state index in [1.807, 2.05) is 25.1 Å². The van der Waals surface area contributed by atoms with Crippen LogP contribution in [0, 0.1) is 6.92 Å². The summed E-state index contributed by atoms with van der Waals surface area (Å²) in [7, 11) is 0. The van der Waals surface area contributed by atoms with Crippen LogP contribution in [0.15, 0.2) is 65.6 Å². The summed E-state index contributed by atoms with van der Waals surface area (Å²) in [4.78, 5) is 16.0. The molecule has 1 fully saturated rings. The van der Waals surface area contributed by atoms with Gasteiger partial charge in [-0.25, -0.2) is 4.79 Å². The van der Waals surface area contributed by atoms with Crippen molar-refractivity contribution in [2.24, 2.45) is 0 Å². The van der Waals surface area contributed by atoms with Crippen LogP contribution in [0.2, 0.25) is 0 Å². The SMILES string of the molecule is Cc1c(CN2CCNCC2)cc(S)cc1NC(=O)OCC1c2ccccc2-c2ccccc21. The molecule has 3 aromatic carbocycles. The predicted octanol–water partition coefficient (Wildman–Crippen LogP) is 5.05. The lowest BCUT2D eigenvalue weighted by Crippen LogP contribution is -2.43. The van der Waals surface area contributed by atoms with Crippen LogP contribution < -0.4 is 10.6 Å². The summed E-state index contributed by atoms with van der Waals surface area (Å²) in [5, 5.41) is 6.34. The molecule has 170 valence electrons. The number of carbonyl (C=O) groups is 1. The molecular weight excluding hydrogens is 430 g/mol. The molecule has 0 atom stereocenters. The van der Waals surface area contributed by atoms with Crippen molar-refractivity contribution < 1.29 is 9.53 Å². The molecule has 0 unspecified atom stereocenters. The highest BCUT2D eigenvalue weighted by molar-refractivity contribution is 7.80. The van der Waals surface area contributed by atoms with Crippen LogP contribution in [0.4, 0.5) is 10.5 Å². The van der Waals surface area contributed by atoms with E-state index in [0.29, 0.717) is 6.61 Å². The first-order chi connectivity index (χ1) is 16.1. The third-order valence-corrected chi connectivity index (χ3v) is 6.94. The Balaban J connectivity index is 1.28. The Kier molecular flexibility index (Phi) is 6.40. The van der Waals surface area contributed by atoms with Gasteiger partial charge in [-0.3, -0.25) is 10.2 Å². The average molecular weight is 460 g/mol. The number of rotatable bonds is 5. The summed E-state index contributed by atoms with van der Waals surface area (Å²) < 4.78 is 5.73. The predicted molar refractivity (Wildman–Crippen MR) is 135 cm³/mol. The number of carbonyl (C=O) groups excluding carboxylic acids is 1.